The van der Waals surface area contributed by atoms with E-state index in [1.165, 1.54) is 25.3 Å². The molecule has 0 saturated carbocycles. The van der Waals surface area contributed by atoms with Gasteiger partial charge in [-0.1, -0.05) is 6.07 Å². The lowest BCUT2D eigenvalue weighted by Crippen LogP contribution is -2.08. The van der Waals surface area contributed by atoms with Crippen LogP contribution in [0.15, 0.2) is 47.5 Å². The van der Waals surface area contributed by atoms with Crippen LogP contribution in [0.25, 0.3) is 0 Å². The van der Waals surface area contributed by atoms with Gasteiger partial charge in [0.1, 0.15) is 10.6 Å². The van der Waals surface area contributed by atoms with Gasteiger partial charge in [-0.3, -0.25) is 4.98 Å². The number of pyridine rings is 1. The van der Waals surface area contributed by atoms with Gasteiger partial charge in [-0.25, -0.2) is 8.42 Å². The standard InChI is InChI=1S/C13H14N2O3S/c1-18-12-8-10(14)5-6-13(12)19(16,17)9-11-4-2-3-7-15-11/h2-8H,9,14H2,1H3. The topological polar surface area (TPSA) is 82.3 Å². The summed E-state index contributed by atoms with van der Waals surface area (Å²) >= 11 is 0. The quantitative estimate of drug-likeness (QED) is 0.860. The molecule has 1 heterocycles. The van der Waals surface area contributed by atoms with E-state index in [4.69, 9.17) is 10.5 Å². The van der Waals surface area contributed by atoms with Gasteiger partial charge in [0.2, 0.25) is 0 Å². The number of rotatable bonds is 4. The molecule has 2 N–H and O–H groups in total. The molecule has 0 bridgehead atoms. The number of nitrogens with zero attached hydrogens (tertiary/aromatic N) is 1. The number of aromatic nitrogens is 1. The summed E-state index contributed by atoms with van der Waals surface area (Å²) in [5.74, 6) is 0.0737. The summed E-state index contributed by atoms with van der Waals surface area (Å²) in [6.45, 7) is 0. The molecule has 0 aliphatic heterocycles. The van der Waals surface area contributed by atoms with Crippen molar-refractivity contribution in [1.82, 2.24) is 4.98 Å². The van der Waals surface area contributed by atoms with Crippen LogP contribution in [0.3, 0.4) is 0 Å². The van der Waals surface area contributed by atoms with E-state index >= 15 is 0 Å². The number of nitrogens with two attached hydrogens (primary N) is 1. The molecule has 0 atom stereocenters. The van der Waals surface area contributed by atoms with Crippen LogP contribution in [0.1, 0.15) is 5.69 Å². The van der Waals surface area contributed by atoms with Crippen molar-refractivity contribution < 1.29 is 13.2 Å². The Morgan fingerprint density at radius 1 is 1.26 bits per heavy atom. The van der Waals surface area contributed by atoms with Crippen LogP contribution in [-0.4, -0.2) is 20.5 Å². The molecular weight excluding hydrogens is 264 g/mol. The van der Waals surface area contributed by atoms with Gasteiger partial charge in [0.25, 0.3) is 0 Å². The highest BCUT2D eigenvalue weighted by Gasteiger charge is 2.20. The SMILES string of the molecule is COc1cc(N)ccc1S(=O)(=O)Cc1ccccn1. The van der Waals surface area contributed by atoms with E-state index in [-0.39, 0.29) is 16.4 Å². The van der Waals surface area contributed by atoms with Crippen molar-refractivity contribution >= 4 is 15.5 Å². The van der Waals surface area contributed by atoms with Gasteiger partial charge in [0, 0.05) is 18.0 Å². The normalized spacial score (nSPS) is 11.2. The van der Waals surface area contributed by atoms with Crippen LogP contribution in [-0.2, 0) is 15.6 Å². The summed E-state index contributed by atoms with van der Waals surface area (Å²) in [5.41, 5.74) is 6.55. The zero-order valence-electron chi connectivity index (χ0n) is 10.4. The fraction of sp³-hybridized carbons (Fsp3) is 0.154. The molecular formula is C13H14N2O3S. The van der Waals surface area contributed by atoms with E-state index in [1.54, 1.807) is 24.4 Å². The van der Waals surface area contributed by atoms with Crippen molar-refractivity contribution in [2.75, 3.05) is 12.8 Å². The predicted octanol–water partition coefficient (Wildman–Crippen LogP) is 1.65. The Morgan fingerprint density at radius 3 is 2.68 bits per heavy atom. The Bertz CT molecular complexity index is 670. The van der Waals surface area contributed by atoms with E-state index in [0.29, 0.717) is 11.4 Å². The Morgan fingerprint density at radius 2 is 2.05 bits per heavy atom. The van der Waals surface area contributed by atoms with Gasteiger partial charge in [-0.2, -0.15) is 0 Å². The lowest BCUT2D eigenvalue weighted by molar-refractivity contribution is 0.403. The second-order valence-electron chi connectivity index (χ2n) is 3.99. The lowest BCUT2D eigenvalue weighted by Gasteiger charge is -2.10. The van der Waals surface area contributed by atoms with Crippen LogP contribution in [0.4, 0.5) is 5.69 Å². The van der Waals surface area contributed by atoms with Crippen LogP contribution in [0, 0.1) is 0 Å². The van der Waals surface area contributed by atoms with E-state index in [9.17, 15) is 8.42 Å². The summed E-state index contributed by atoms with van der Waals surface area (Å²) in [4.78, 5) is 4.14. The van der Waals surface area contributed by atoms with E-state index in [0.717, 1.165) is 0 Å². The maximum atomic E-state index is 12.3. The van der Waals surface area contributed by atoms with E-state index in [2.05, 4.69) is 4.98 Å². The highest BCUT2D eigenvalue weighted by atomic mass is 32.2. The Labute approximate surface area is 112 Å². The molecule has 0 unspecified atom stereocenters. The Hall–Kier alpha value is -2.08. The molecule has 0 aliphatic rings. The zero-order chi connectivity index (χ0) is 13.9. The second-order valence-corrected chi connectivity index (χ2v) is 5.95. The van der Waals surface area contributed by atoms with Crippen molar-refractivity contribution in [3.8, 4) is 5.75 Å². The van der Waals surface area contributed by atoms with E-state index in [1.807, 2.05) is 0 Å². The average molecular weight is 278 g/mol. The smallest absolute Gasteiger partial charge is 0.187 e. The Kier molecular flexibility index (Phi) is 3.71. The summed E-state index contributed by atoms with van der Waals surface area (Å²) < 4.78 is 29.7. The van der Waals surface area contributed by atoms with Gasteiger partial charge < -0.3 is 10.5 Å². The van der Waals surface area contributed by atoms with Crippen molar-refractivity contribution in [3.05, 3.63) is 48.3 Å². The lowest BCUT2D eigenvalue weighted by atomic mass is 10.3. The van der Waals surface area contributed by atoms with Crippen LogP contribution in [0.5, 0.6) is 5.75 Å². The molecule has 0 amide bonds. The number of hydrogen-bond donors (Lipinski definition) is 1. The third-order valence-corrected chi connectivity index (χ3v) is 4.27. The fourth-order valence-corrected chi connectivity index (χ4v) is 3.14. The number of hydrogen-bond acceptors (Lipinski definition) is 5. The number of benzene rings is 1. The molecule has 1 aromatic carbocycles. The van der Waals surface area contributed by atoms with Crippen molar-refractivity contribution in [1.29, 1.82) is 0 Å². The van der Waals surface area contributed by atoms with Gasteiger partial charge in [0.15, 0.2) is 9.84 Å². The molecule has 19 heavy (non-hydrogen) atoms. The highest BCUT2D eigenvalue weighted by Crippen LogP contribution is 2.28. The predicted molar refractivity (Wildman–Crippen MR) is 72.5 cm³/mol. The van der Waals surface area contributed by atoms with Gasteiger partial charge >= 0.3 is 0 Å². The summed E-state index contributed by atoms with van der Waals surface area (Å²) in [6.07, 6.45) is 1.56. The molecule has 0 radical (unpaired) electrons. The van der Waals surface area contributed by atoms with Gasteiger partial charge in [-0.05, 0) is 24.3 Å². The zero-order valence-corrected chi connectivity index (χ0v) is 11.2. The molecule has 2 rings (SSSR count). The minimum atomic E-state index is -3.52. The van der Waals surface area contributed by atoms with E-state index < -0.39 is 9.84 Å². The second kappa shape index (κ2) is 5.27. The van der Waals surface area contributed by atoms with Gasteiger partial charge in [0.05, 0.1) is 18.6 Å². The molecule has 2 aromatic rings. The summed E-state index contributed by atoms with van der Waals surface area (Å²) in [7, 11) is -2.10. The molecule has 1 aromatic heterocycles. The molecule has 0 fully saturated rings. The number of sulfone groups is 1. The monoisotopic (exact) mass is 278 g/mol. The first-order valence-electron chi connectivity index (χ1n) is 5.59. The maximum absolute atomic E-state index is 12.3. The van der Waals surface area contributed by atoms with Crippen molar-refractivity contribution in [2.24, 2.45) is 0 Å². The minimum absolute atomic E-state index is 0.120. The third-order valence-electron chi connectivity index (χ3n) is 2.59. The van der Waals surface area contributed by atoms with Gasteiger partial charge in [-0.15, -0.1) is 0 Å². The molecule has 0 saturated heterocycles. The molecule has 0 aliphatic carbocycles. The number of ether oxygens (including phenoxy) is 1. The highest BCUT2D eigenvalue weighted by molar-refractivity contribution is 7.90. The molecule has 6 heteroatoms. The van der Waals surface area contributed by atoms with Crippen LogP contribution < -0.4 is 10.5 Å². The number of methoxy groups -OCH3 is 1. The van der Waals surface area contributed by atoms with Crippen LogP contribution >= 0.6 is 0 Å². The fourth-order valence-electron chi connectivity index (χ4n) is 1.70. The first-order valence-corrected chi connectivity index (χ1v) is 7.24. The summed E-state index contributed by atoms with van der Waals surface area (Å²) in [5, 5.41) is 0. The minimum Gasteiger partial charge on any atom is -0.495 e. The first kappa shape index (κ1) is 13.4. The number of anilines is 1. The summed E-state index contributed by atoms with van der Waals surface area (Å²) in [6, 6.07) is 9.63. The maximum Gasteiger partial charge on any atom is 0.187 e. The largest absolute Gasteiger partial charge is 0.495 e. The Balaban J connectivity index is 2.40. The van der Waals surface area contributed by atoms with Crippen molar-refractivity contribution in [2.45, 2.75) is 10.6 Å². The third kappa shape index (κ3) is 3.03. The molecule has 5 nitrogen and oxygen atoms in total. The van der Waals surface area contributed by atoms with Crippen molar-refractivity contribution in [3.63, 3.8) is 0 Å². The van der Waals surface area contributed by atoms with Crippen LogP contribution in [0.2, 0.25) is 0 Å². The molecule has 100 valence electrons. The average Bonchev–Trinajstić information content (AvgIpc) is 2.38. The number of nitrogen functional groups attached to an aromatic ring is 1. The first-order chi connectivity index (χ1) is 9.03. The molecule has 0 spiro atoms.